The number of nitrogens with zero attached hydrogens (tertiary/aromatic N) is 1. The molecule has 0 aromatic rings. The molecule has 2 rings (SSSR count). The highest BCUT2D eigenvalue weighted by molar-refractivity contribution is 4.94. The van der Waals surface area contributed by atoms with Crippen LogP contribution in [-0.2, 0) is 0 Å². The Morgan fingerprint density at radius 3 is 2.31 bits per heavy atom. The van der Waals surface area contributed by atoms with Gasteiger partial charge in [-0.1, -0.05) is 20.8 Å². The van der Waals surface area contributed by atoms with Crippen molar-refractivity contribution in [2.24, 2.45) is 17.8 Å². The van der Waals surface area contributed by atoms with Crippen LogP contribution in [0.5, 0.6) is 0 Å². The van der Waals surface area contributed by atoms with Crippen LogP contribution in [0.2, 0.25) is 0 Å². The first-order chi connectivity index (χ1) is 7.72. The van der Waals surface area contributed by atoms with Gasteiger partial charge < -0.3 is 5.32 Å². The fraction of sp³-hybridized carbons (Fsp3) is 1.00. The molecule has 4 unspecified atom stereocenters. The van der Waals surface area contributed by atoms with Crippen LogP contribution in [0.15, 0.2) is 0 Å². The largest absolute Gasteiger partial charge is 0.316 e. The highest BCUT2D eigenvalue weighted by Crippen LogP contribution is 2.36. The van der Waals surface area contributed by atoms with Crippen molar-refractivity contribution >= 4 is 0 Å². The summed E-state index contributed by atoms with van der Waals surface area (Å²) in [6.07, 6.45) is 4.15. The summed E-state index contributed by atoms with van der Waals surface area (Å²) >= 11 is 0. The molecule has 0 aromatic carbocycles. The molecule has 0 spiro atoms. The Morgan fingerprint density at radius 1 is 1.12 bits per heavy atom. The topological polar surface area (TPSA) is 15.3 Å². The molecular formula is C14H28N2. The van der Waals surface area contributed by atoms with Crippen molar-refractivity contribution in [2.75, 3.05) is 26.2 Å². The third-order valence-corrected chi connectivity index (χ3v) is 4.70. The van der Waals surface area contributed by atoms with Gasteiger partial charge in [0.25, 0.3) is 0 Å². The molecule has 1 heterocycles. The maximum Gasteiger partial charge on any atom is 0.0136 e. The molecule has 0 amide bonds. The Balaban J connectivity index is 1.74. The lowest BCUT2D eigenvalue weighted by Crippen LogP contribution is -2.49. The van der Waals surface area contributed by atoms with E-state index in [9.17, 15) is 0 Å². The van der Waals surface area contributed by atoms with Gasteiger partial charge in [-0.2, -0.15) is 0 Å². The van der Waals surface area contributed by atoms with E-state index in [-0.39, 0.29) is 0 Å². The van der Waals surface area contributed by atoms with E-state index >= 15 is 0 Å². The molecule has 1 N–H and O–H groups in total. The number of likely N-dealkylation sites (tertiary alicyclic amines) is 1. The van der Waals surface area contributed by atoms with Crippen LogP contribution in [0.25, 0.3) is 0 Å². The highest BCUT2D eigenvalue weighted by atomic mass is 15.2. The van der Waals surface area contributed by atoms with Crippen molar-refractivity contribution in [1.82, 2.24) is 10.2 Å². The molecule has 0 aromatic heterocycles. The second-order valence-electron chi connectivity index (χ2n) is 6.02. The Morgan fingerprint density at radius 2 is 1.81 bits per heavy atom. The third kappa shape index (κ3) is 2.60. The van der Waals surface area contributed by atoms with Gasteiger partial charge in [0, 0.05) is 19.1 Å². The van der Waals surface area contributed by atoms with Crippen molar-refractivity contribution in [2.45, 2.75) is 46.1 Å². The van der Waals surface area contributed by atoms with Crippen LogP contribution in [0.3, 0.4) is 0 Å². The van der Waals surface area contributed by atoms with E-state index in [4.69, 9.17) is 0 Å². The molecule has 1 saturated carbocycles. The summed E-state index contributed by atoms with van der Waals surface area (Å²) in [5.41, 5.74) is 0. The molecule has 2 heteroatoms. The van der Waals surface area contributed by atoms with Gasteiger partial charge >= 0.3 is 0 Å². The third-order valence-electron chi connectivity index (χ3n) is 4.70. The second kappa shape index (κ2) is 5.50. The summed E-state index contributed by atoms with van der Waals surface area (Å²) in [5, 5.41) is 3.59. The molecule has 0 bridgehead atoms. The summed E-state index contributed by atoms with van der Waals surface area (Å²) in [6, 6.07) is 0.900. The predicted molar refractivity (Wildman–Crippen MR) is 69.6 cm³/mol. The smallest absolute Gasteiger partial charge is 0.0136 e. The number of hydrogen-bond donors (Lipinski definition) is 1. The number of hydrogen-bond acceptors (Lipinski definition) is 2. The molecule has 2 aliphatic rings. The van der Waals surface area contributed by atoms with Gasteiger partial charge in [-0.15, -0.1) is 0 Å². The molecule has 2 fully saturated rings. The van der Waals surface area contributed by atoms with Gasteiger partial charge in [0.15, 0.2) is 0 Å². The molecule has 16 heavy (non-hydrogen) atoms. The molecule has 0 radical (unpaired) electrons. The van der Waals surface area contributed by atoms with E-state index in [2.05, 4.69) is 31.0 Å². The molecule has 1 aliphatic heterocycles. The Hall–Kier alpha value is -0.0800. The maximum absolute atomic E-state index is 3.59. The fourth-order valence-corrected chi connectivity index (χ4v) is 3.18. The maximum atomic E-state index is 3.59. The van der Waals surface area contributed by atoms with E-state index in [1.54, 1.807) is 0 Å². The lowest BCUT2D eigenvalue weighted by molar-refractivity contribution is 0.0779. The standard InChI is InChI=1S/C14H28N2/c1-4-7-15-8-13-5-6-14(13)16-9-11(2)12(3)10-16/h11-15H,4-10H2,1-3H3. The lowest BCUT2D eigenvalue weighted by atomic mass is 9.78. The van der Waals surface area contributed by atoms with Crippen molar-refractivity contribution < 1.29 is 0 Å². The van der Waals surface area contributed by atoms with E-state index in [1.807, 2.05) is 0 Å². The zero-order chi connectivity index (χ0) is 11.5. The van der Waals surface area contributed by atoms with E-state index < -0.39 is 0 Å². The van der Waals surface area contributed by atoms with Crippen LogP contribution >= 0.6 is 0 Å². The average Bonchev–Trinajstić information content (AvgIpc) is 2.52. The summed E-state index contributed by atoms with van der Waals surface area (Å²) < 4.78 is 0. The van der Waals surface area contributed by atoms with E-state index in [0.29, 0.717) is 0 Å². The summed E-state index contributed by atoms with van der Waals surface area (Å²) in [5.74, 6) is 2.75. The van der Waals surface area contributed by atoms with Crippen molar-refractivity contribution in [3.63, 3.8) is 0 Å². The van der Waals surface area contributed by atoms with Gasteiger partial charge in [-0.25, -0.2) is 0 Å². The lowest BCUT2D eigenvalue weighted by Gasteiger charge is -2.43. The Bertz CT molecular complexity index is 207. The van der Waals surface area contributed by atoms with Crippen LogP contribution in [-0.4, -0.2) is 37.1 Å². The summed E-state index contributed by atoms with van der Waals surface area (Å²) in [7, 11) is 0. The SMILES string of the molecule is CCCNCC1CCC1N1CC(C)C(C)C1. The number of rotatable bonds is 5. The van der Waals surface area contributed by atoms with Crippen molar-refractivity contribution in [1.29, 1.82) is 0 Å². The minimum atomic E-state index is 0.900. The zero-order valence-electron chi connectivity index (χ0n) is 11.2. The van der Waals surface area contributed by atoms with Crippen LogP contribution < -0.4 is 5.32 Å². The molecule has 1 aliphatic carbocycles. The first-order valence-electron chi connectivity index (χ1n) is 7.17. The molecule has 1 saturated heterocycles. The summed E-state index contributed by atoms with van der Waals surface area (Å²) in [4.78, 5) is 2.76. The average molecular weight is 224 g/mol. The normalized spacial score (nSPS) is 39.9. The second-order valence-corrected chi connectivity index (χ2v) is 6.02. The predicted octanol–water partition coefficient (Wildman–Crippen LogP) is 2.35. The zero-order valence-corrected chi connectivity index (χ0v) is 11.2. The summed E-state index contributed by atoms with van der Waals surface area (Å²) in [6.45, 7) is 12.2. The monoisotopic (exact) mass is 224 g/mol. The highest BCUT2D eigenvalue weighted by Gasteiger charge is 2.39. The van der Waals surface area contributed by atoms with E-state index in [1.165, 1.54) is 45.4 Å². The van der Waals surface area contributed by atoms with Crippen molar-refractivity contribution in [3.8, 4) is 0 Å². The minimum Gasteiger partial charge on any atom is -0.316 e. The molecular weight excluding hydrogens is 196 g/mol. The van der Waals surface area contributed by atoms with Gasteiger partial charge in [0.1, 0.15) is 0 Å². The number of nitrogens with one attached hydrogen (secondary N) is 1. The van der Waals surface area contributed by atoms with Crippen LogP contribution in [0.1, 0.15) is 40.0 Å². The van der Waals surface area contributed by atoms with Gasteiger partial charge in [-0.05, 0) is 50.1 Å². The Kier molecular flexibility index (Phi) is 4.26. The quantitative estimate of drug-likeness (QED) is 0.721. The first kappa shape index (κ1) is 12.4. The minimum absolute atomic E-state index is 0.900. The van der Waals surface area contributed by atoms with Gasteiger partial charge in [-0.3, -0.25) is 4.90 Å². The Labute approximate surface area is 101 Å². The molecule has 2 nitrogen and oxygen atoms in total. The molecule has 4 atom stereocenters. The van der Waals surface area contributed by atoms with Gasteiger partial charge in [0.05, 0.1) is 0 Å². The molecule has 94 valence electrons. The van der Waals surface area contributed by atoms with Gasteiger partial charge in [0.2, 0.25) is 0 Å². The van der Waals surface area contributed by atoms with Crippen molar-refractivity contribution in [3.05, 3.63) is 0 Å². The fourth-order valence-electron chi connectivity index (χ4n) is 3.18. The first-order valence-corrected chi connectivity index (χ1v) is 7.17. The van der Waals surface area contributed by atoms with Crippen LogP contribution in [0, 0.1) is 17.8 Å². The van der Waals surface area contributed by atoms with Crippen LogP contribution in [0.4, 0.5) is 0 Å². The van der Waals surface area contributed by atoms with E-state index in [0.717, 1.165) is 23.8 Å².